The highest BCUT2D eigenvalue weighted by Crippen LogP contribution is 2.14. The lowest BCUT2D eigenvalue weighted by molar-refractivity contribution is -0.117. The van der Waals surface area contributed by atoms with Crippen molar-refractivity contribution in [3.05, 3.63) is 23.8 Å². The first-order chi connectivity index (χ1) is 7.18. The number of carbonyl (C=O) groups excluding carboxylic acids is 1. The molecule has 15 heavy (non-hydrogen) atoms. The van der Waals surface area contributed by atoms with Gasteiger partial charge < -0.3 is 11.1 Å². The van der Waals surface area contributed by atoms with Gasteiger partial charge in [-0.15, -0.1) is 0 Å². The van der Waals surface area contributed by atoms with Crippen LogP contribution in [0.1, 0.15) is 27.2 Å². The molecule has 0 heterocycles. The fourth-order valence-electron chi connectivity index (χ4n) is 1.30. The number of allylic oxidation sites excluding steroid dienone is 3. The Morgan fingerprint density at radius 2 is 2.27 bits per heavy atom. The number of rotatable bonds is 4. The first-order valence-corrected chi connectivity index (χ1v) is 5.52. The number of nitrogens with one attached hydrogen (secondary N) is 1. The summed E-state index contributed by atoms with van der Waals surface area (Å²) in [6, 6.07) is 0. The quantitative estimate of drug-likeness (QED) is 0.740. The van der Waals surface area contributed by atoms with E-state index >= 15 is 0 Å². The minimum atomic E-state index is -0.300. The van der Waals surface area contributed by atoms with Crippen molar-refractivity contribution in [2.24, 2.45) is 11.7 Å². The standard InChI is InChI=1S/C10H16N2O.C2H6/c1-8-2-4-9(5-3-8)6-12-7-10(11)13;1-2/h2-4,9,12H,5-7H2,1H3,(H2,11,13);1-2H3. The van der Waals surface area contributed by atoms with E-state index in [2.05, 4.69) is 30.5 Å². The summed E-state index contributed by atoms with van der Waals surface area (Å²) < 4.78 is 0. The maximum absolute atomic E-state index is 10.4. The molecule has 3 N–H and O–H groups in total. The van der Waals surface area contributed by atoms with E-state index < -0.39 is 0 Å². The van der Waals surface area contributed by atoms with Crippen LogP contribution in [0, 0.1) is 5.92 Å². The lowest BCUT2D eigenvalue weighted by Gasteiger charge is -2.14. The molecular weight excluding hydrogens is 188 g/mol. The van der Waals surface area contributed by atoms with E-state index in [4.69, 9.17) is 5.73 Å². The molecule has 1 aliphatic rings. The molecule has 0 fully saturated rings. The SMILES string of the molecule is CC.CC1=CCC(CNCC(N)=O)C=C1. The Kier molecular flexibility index (Phi) is 7.64. The van der Waals surface area contributed by atoms with Crippen LogP contribution < -0.4 is 11.1 Å². The number of amides is 1. The molecule has 1 aliphatic carbocycles. The number of carbonyl (C=O) groups is 1. The lowest BCUT2D eigenvalue weighted by Crippen LogP contribution is -2.31. The molecule has 86 valence electrons. The van der Waals surface area contributed by atoms with Crippen LogP contribution in [0.15, 0.2) is 23.8 Å². The Balaban J connectivity index is 0.000000921. The summed E-state index contributed by atoms with van der Waals surface area (Å²) >= 11 is 0. The third-order valence-electron chi connectivity index (χ3n) is 2.08. The molecule has 1 unspecified atom stereocenters. The van der Waals surface area contributed by atoms with Crippen molar-refractivity contribution in [2.75, 3.05) is 13.1 Å². The Hall–Kier alpha value is -1.09. The predicted molar refractivity (Wildman–Crippen MR) is 64.4 cm³/mol. The van der Waals surface area contributed by atoms with Crippen LogP contribution in [-0.4, -0.2) is 19.0 Å². The monoisotopic (exact) mass is 210 g/mol. The van der Waals surface area contributed by atoms with Crippen molar-refractivity contribution in [3.63, 3.8) is 0 Å². The molecular formula is C12H22N2O. The molecule has 3 heteroatoms. The highest BCUT2D eigenvalue weighted by atomic mass is 16.1. The summed E-state index contributed by atoms with van der Waals surface area (Å²) in [6.07, 6.45) is 7.54. The van der Waals surface area contributed by atoms with E-state index in [0.29, 0.717) is 5.92 Å². The van der Waals surface area contributed by atoms with Crippen LogP contribution in [0.2, 0.25) is 0 Å². The van der Waals surface area contributed by atoms with Gasteiger partial charge in [-0.3, -0.25) is 4.79 Å². The highest BCUT2D eigenvalue weighted by molar-refractivity contribution is 5.75. The van der Waals surface area contributed by atoms with Crippen LogP contribution in [0.3, 0.4) is 0 Å². The minimum absolute atomic E-state index is 0.271. The Morgan fingerprint density at radius 1 is 1.60 bits per heavy atom. The van der Waals surface area contributed by atoms with Crippen molar-refractivity contribution in [1.82, 2.24) is 5.32 Å². The molecule has 0 aromatic heterocycles. The van der Waals surface area contributed by atoms with E-state index in [1.807, 2.05) is 13.8 Å². The number of primary amides is 1. The van der Waals surface area contributed by atoms with Gasteiger partial charge >= 0.3 is 0 Å². The topological polar surface area (TPSA) is 55.1 Å². The molecule has 0 spiro atoms. The molecule has 0 saturated heterocycles. The molecule has 1 amide bonds. The van der Waals surface area contributed by atoms with Crippen molar-refractivity contribution < 1.29 is 4.79 Å². The van der Waals surface area contributed by atoms with Gasteiger partial charge in [0.15, 0.2) is 0 Å². The van der Waals surface area contributed by atoms with Crippen molar-refractivity contribution >= 4 is 5.91 Å². The molecule has 1 rings (SSSR count). The molecule has 1 atom stereocenters. The lowest BCUT2D eigenvalue weighted by atomic mass is 9.97. The third kappa shape index (κ3) is 6.91. The summed E-state index contributed by atoms with van der Waals surface area (Å²) in [5.41, 5.74) is 6.31. The van der Waals surface area contributed by atoms with Crippen LogP contribution in [0.4, 0.5) is 0 Å². The van der Waals surface area contributed by atoms with Crippen molar-refractivity contribution in [3.8, 4) is 0 Å². The van der Waals surface area contributed by atoms with Gasteiger partial charge in [0, 0.05) is 6.54 Å². The predicted octanol–water partition coefficient (Wildman–Crippen LogP) is 1.61. The first kappa shape index (κ1) is 13.9. The van der Waals surface area contributed by atoms with Crippen molar-refractivity contribution in [2.45, 2.75) is 27.2 Å². The first-order valence-electron chi connectivity index (χ1n) is 5.52. The molecule has 0 saturated carbocycles. The molecule has 3 nitrogen and oxygen atoms in total. The van der Waals surface area contributed by atoms with Crippen LogP contribution >= 0.6 is 0 Å². The zero-order valence-electron chi connectivity index (χ0n) is 9.92. The maximum Gasteiger partial charge on any atom is 0.231 e. The third-order valence-corrected chi connectivity index (χ3v) is 2.08. The molecule has 0 bridgehead atoms. The van der Waals surface area contributed by atoms with Gasteiger partial charge in [0.05, 0.1) is 6.54 Å². The normalized spacial score (nSPS) is 18.9. The van der Waals surface area contributed by atoms with E-state index in [9.17, 15) is 4.79 Å². The smallest absolute Gasteiger partial charge is 0.231 e. The summed E-state index contributed by atoms with van der Waals surface area (Å²) in [7, 11) is 0. The number of hydrogen-bond acceptors (Lipinski definition) is 2. The number of nitrogens with two attached hydrogens (primary N) is 1. The van der Waals surface area contributed by atoms with Crippen molar-refractivity contribution in [1.29, 1.82) is 0 Å². The van der Waals surface area contributed by atoms with E-state index in [1.54, 1.807) is 0 Å². The fourth-order valence-corrected chi connectivity index (χ4v) is 1.30. The second-order valence-corrected chi connectivity index (χ2v) is 3.40. The van der Waals surface area contributed by atoms with E-state index in [0.717, 1.165) is 13.0 Å². The Morgan fingerprint density at radius 3 is 2.73 bits per heavy atom. The highest BCUT2D eigenvalue weighted by Gasteiger charge is 2.06. The van der Waals surface area contributed by atoms with Crippen LogP contribution in [0.25, 0.3) is 0 Å². The maximum atomic E-state index is 10.4. The van der Waals surface area contributed by atoms with Crippen LogP contribution in [0.5, 0.6) is 0 Å². The summed E-state index contributed by atoms with van der Waals surface area (Å²) in [5, 5.41) is 3.01. The molecule has 0 aliphatic heterocycles. The Labute approximate surface area is 92.4 Å². The van der Waals surface area contributed by atoms with E-state index in [-0.39, 0.29) is 12.5 Å². The van der Waals surface area contributed by atoms with E-state index in [1.165, 1.54) is 5.57 Å². The largest absolute Gasteiger partial charge is 0.369 e. The van der Waals surface area contributed by atoms with Gasteiger partial charge in [-0.05, 0) is 19.3 Å². The zero-order valence-corrected chi connectivity index (χ0v) is 9.92. The molecule has 0 aromatic carbocycles. The average Bonchev–Trinajstić information content (AvgIpc) is 2.23. The van der Waals surface area contributed by atoms with Gasteiger partial charge in [-0.25, -0.2) is 0 Å². The minimum Gasteiger partial charge on any atom is -0.369 e. The summed E-state index contributed by atoms with van der Waals surface area (Å²) in [4.78, 5) is 10.4. The fraction of sp³-hybridized carbons (Fsp3) is 0.583. The van der Waals surface area contributed by atoms with Gasteiger partial charge in [0.25, 0.3) is 0 Å². The van der Waals surface area contributed by atoms with Gasteiger partial charge in [-0.1, -0.05) is 37.6 Å². The summed E-state index contributed by atoms with van der Waals surface area (Å²) in [6.45, 7) is 7.18. The second kappa shape index (κ2) is 8.24. The second-order valence-electron chi connectivity index (χ2n) is 3.40. The zero-order chi connectivity index (χ0) is 11.7. The molecule has 0 radical (unpaired) electrons. The number of hydrogen-bond donors (Lipinski definition) is 2. The van der Waals surface area contributed by atoms with Crippen LogP contribution in [-0.2, 0) is 4.79 Å². The average molecular weight is 210 g/mol. The summed E-state index contributed by atoms with van der Waals surface area (Å²) in [5.74, 6) is 0.203. The molecule has 0 aromatic rings. The Bertz CT molecular complexity index is 244. The van der Waals surface area contributed by atoms with Gasteiger partial charge in [0.1, 0.15) is 0 Å². The van der Waals surface area contributed by atoms with Gasteiger partial charge in [-0.2, -0.15) is 0 Å². The van der Waals surface area contributed by atoms with Gasteiger partial charge in [0.2, 0.25) is 5.91 Å².